The zero-order chi connectivity index (χ0) is 25.7. The largest absolute Gasteiger partial charge is 0.280 e. The Morgan fingerprint density at radius 2 is 0.917 bits per heavy atom. The number of nitrogens with two attached hydrogens (primary N) is 1. The van der Waals surface area contributed by atoms with Gasteiger partial charge < -0.3 is 0 Å². The summed E-state index contributed by atoms with van der Waals surface area (Å²) in [6.45, 7) is 15.9. The molecule has 2 N–H and O–H groups in total. The van der Waals surface area contributed by atoms with Gasteiger partial charge in [0.05, 0.1) is 11.4 Å². The van der Waals surface area contributed by atoms with Crippen molar-refractivity contribution in [2.45, 2.75) is 38.5 Å². The van der Waals surface area contributed by atoms with Crippen molar-refractivity contribution in [2.24, 2.45) is 5.84 Å². The summed E-state index contributed by atoms with van der Waals surface area (Å²) in [5.74, 6) is 6.73. The lowest BCUT2D eigenvalue weighted by Gasteiger charge is -2.26. The van der Waals surface area contributed by atoms with Gasteiger partial charge in [0.1, 0.15) is 0 Å². The van der Waals surface area contributed by atoms with Crippen molar-refractivity contribution >= 4 is 11.4 Å². The van der Waals surface area contributed by atoms with Crippen LogP contribution in [0.15, 0.2) is 110 Å². The second-order valence-corrected chi connectivity index (χ2v) is 10.6. The average Bonchev–Trinajstić information content (AvgIpc) is 3.28. The van der Waals surface area contributed by atoms with Gasteiger partial charge in [-0.1, -0.05) is 114 Å². The van der Waals surface area contributed by atoms with Crippen molar-refractivity contribution in [1.82, 2.24) is 0 Å². The third kappa shape index (κ3) is 3.53. The number of hydrazine groups is 1. The molecule has 0 unspecified atom stereocenters. The number of anilines is 2. The number of allylic oxidation sites excluding steroid dienone is 2. The Bertz CT molecular complexity index is 1380. The Balaban J connectivity index is 0.000000623. The third-order valence-electron chi connectivity index (χ3n) is 7.86. The second-order valence-electron chi connectivity index (χ2n) is 10.6. The molecule has 0 bridgehead atoms. The minimum absolute atomic E-state index is 0.0374. The predicted octanol–water partition coefficient (Wildman–Crippen LogP) is 8.67. The number of fused-ring (bicyclic) bond motifs is 6. The molecular weight excluding hydrogens is 436 g/mol. The molecule has 36 heavy (non-hydrogen) atoms. The van der Waals surface area contributed by atoms with Crippen molar-refractivity contribution in [2.75, 3.05) is 5.01 Å². The first kappa shape index (κ1) is 23.8. The lowest BCUT2D eigenvalue weighted by molar-refractivity contribution is 0.659. The zero-order valence-corrected chi connectivity index (χ0v) is 21.7. The minimum atomic E-state index is -0.0374. The van der Waals surface area contributed by atoms with Gasteiger partial charge in [0, 0.05) is 10.8 Å². The molecule has 2 heteroatoms. The molecule has 2 aliphatic rings. The molecule has 2 nitrogen and oxygen atoms in total. The highest BCUT2D eigenvalue weighted by atomic mass is 15.4. The molecule has 0 radical (unpaired) electrons. The van der Waals surface area contributed by atoms with Crippen LogP contribution in [0, 0.1) is 0 Å². The van der Waals surface area contributed by atoms with E-state index in [-0.39, 0.29) is 10.8 Å². The summed E-state index contributed by atoms with van der Waals surface area (Å²) in [6, 6.07) is 30.7. The highest BCUT2D eigenvalue weighted by molar-refractivity contribution is 5.85. The van der Waals surface area contributed by atoms with Gasteiger partial charge in [0.2, 0.25) is 0 Å². The molecular formula is C34H34N2. The van der Waals surface area contributed by atoms with E-state index in [0.717, 1.165) is 11.4 Å². The fourth-order valence-electron chi connectivity index (χ4n) is 5.83. The normalized spacial score (nSPS) is 14.9. The standard InChI is InChI=1S/C30H28N2.C4H6/c1-29(2)25-11-7-5-9-21(25)23-15-13-19(17-27(23)29)32(31)20-14-16-24-22-10-6-8-12-26(22)30(3,4)28(24)18-20;1-3-4-2/h5-18H,31H2,1-4H3;3-4H,1-2H2. The summed E-state index contributed by atoms with van der Waals surface area (Å²) in [6.07, 6.45) is 3.28. The van der Waals surface area contributed by atoms with Gasteiger partial charge in [-0.05, 0) is 68.8 Å². The van der Waals surface area contributed by atoms with Crippen LogP contribution in [0.5, 0.6) is 0 Å². The molecule has 0 saturated carbocycles. The van der Waals surface area contributed by atoms with Crippen molar-refractivity contribution < 1.29 is 0 Å². The SMILES string of the molecule is C=CC=C.CC1(C)c2ccccc2-c2ccc(N(N)c3ccc4c(c3)C(C)(C)c3ccccc3-4)cc21. The molecule has 0 aliphatic heterocycles. The number of hydrogen-bond acceptors (Lipinski definition) is 2. The molecule has 0 heterocycles. The predicted molar refractivity (Wildman–Crippen MR) is 155 cm³/mol. The van der Waals surface area contributed by atoms with Gasteiger partial charge in [-0.3, -0.25) is 5.01 Å². The summed E-state index contributed by atoms with van der Waals surface area (Å²) < 4.78 is 0. The Hall–Kier alpha value is -3.88. The van der Waals surface area contributed by atoms with Gasteiger partial charge in [-0.2, -0.15) is 0 Å². The molecule has 0 saturated heterocycles. The summed E-state index contributed by atoms with van der Waals surface area (Å²) in [4.78, 5) is 0. The number of benzene rings is 4. The zero-order valence-electron chi connectivity index (χ0n) is 21.7. The van der Waals surface area contributed by atoms with Crippen molar-refractivity contribution in [3.63, 3.8) is 0 Å². The Kier molecular flexibility index (Phi) is 5.73. The van der Waals surface area contributed by atoms with E-state index < -0.39 is 0 Å². The van der Waals surface area contributed by atoms with Crippen LogP contribution in [0.25, 0.3) is 22.3 Å². The van der Waals surface area contributed by atoms with Crippen LogP contribution >= 0.6 is 0 Å². The van der Waals surface area contributed by atoms with Crippen LogP contribution < -0.4 is 10.9 Å². The topological polar surface area (TPSA) is 29.3 Å². The molecule has 0 atom stereocenters. The highest BCUT2D eigenvalue weighted by Crippen LogP contribution is 2.51. The minimum Gasteiger partial charge on any atom is -0.280 e. The average molecular weight is 471 g/mol. The molecule has 4 aromatic rings. The highest BCUT2D eigenvalue weighted by Gasteiger charge is 2.37. The maximum Gasteiger partial charge on any atom is 0.0578 e. The van der Waals surface area contributed by atoms with Gasteiger partial charge >= 0.3 is 0 Å². The maximum atomic E-state index is 6.73. The van der Waals surface area contributed by atoms with Gasteiger partial charge in [0.25, 0.3) is 0 Å². The summed E-state index contributed by atoms with van der Waals surface area (Å²) in [7, 11) is 0. The van der Waals surface area contributed by atoms with Gasteiger partial charge in [-0.25, -0.2) is 5.84 Å². The van der Waals surface area contributed by atoms with Crippen LogP contribution in [0.4, 0.5) is 11.4 Å². The van der Waals surface area contributed by atoms with E-state index in [1.807, 2.05) is 5.01 Å². The van der Waals surface area contributed by atoms with E-state index in [0.29, 0.717) is 0 Å². The molecule has 0 aromatic heterocycles. The molecule has 2 aliphatic carbocycles. The Labute approximate surface area is 215 Å². The quantitative estimate of drug-likeness (QED) is 0.184. The third-order valence-corrected chi connectivity index (χ3v) is 7.86. The second kappa shape index (κ2) is 8.65. The van der Waals surface area contributed by atoms with E-state index in [9.17, 15) is 0 Å². The molecule has 180 valence electrons. The first-order valence-electron chi connectivity index (χ1n) is 12.5. The molecule has 0 amide bonds. The van der Waals surface area contributed by atoms with Crippen LogP contribution in [0.2, 0.25) is 0 Å². The summed E-state index contributed by atoms with van der Waals surface area (Å²) in [5, 5.41) is 1.83. The van der Waals surface area contributed by atoms with Crippen LogP contribution in [-0.2, 0) is 10.8 Å². The van der Waals surface area contributed by atoms with E-state index in [1.54, 1.807) is 12.2 Å². The number of hydrogen-bond donors (Lipinski definition) is 1. The first-order valence-corrected chi connectivity index (χ1v) is 12.5. The maximum absolute atomic E-state index is 6.73. The summed E-state index contributed by atoms with van der Waals surface area (Å²) in [5.41, 5.74) is 12.7. The first-order chi connectivity index (χ1) is 17.2. The smallest absolute Gasteiger partial charge is 0.0578 e. The Morgan fingerprint density at radius 1 is 0.556 bits per heavy atom. The van der Waals surface area contributed by atoms with Crippen LogP contribution in [0.3, 0.4) is 0 Å². The molecule has 4 aromatic carbocycles. The lowest BCUT2D eigenvalue weighted by Crippen LogP contribution is -2.26. The van der Waals surface area contributed by atoms with E-state index in [4.69, 9.17) is 5.84 Å². The molecule has 0 spiro atoms. The molecule has 0 fully saturated rings. The van der Waals surface area contributed by atoms with E-state index in [2.05, 4.69) is 126 Å². The molecule has 6 rings (SSSR count). The van der Waals surface area contributed by atoms with E-state index >= 15 is 0 Å². The van der Waals surface area contributed by atoms with Crippen molar-refractivity contribution in [3.05, 3.63) is 132 Å². The van der Waals surface area contributed by atoms with Crippen molar-refractivity contribution in [3.8, 4) is 22.3 Å². The monoisotopic (exact) mass is 470 g/mol. The number of rotatable bonds is 3. The van der Waals surface area contributed by atoms with Gasteiger partial charge in [0.15, 0.2) is 0 Å². The van der Waals surface area contributed by atoms with Crippen molar-refractivity contribution in [1.29, 1.82) is 0 Å². The summed E-state index contributed by atoms with van der Waals surface area (Å²) >= 11 is 0. The fourth-order valence-corrected chi connectivity index (χ4v) is 5.83. The van der Waals surface area contributed by atoms with E-state index in [1.165, 1.54) is 44.5 Å². The fraction of sp³-hybridized carbons (Fsp3) is 0.176. The lowest BCUT2D eigenvalue weighted by atomic mass is 9.82. The number of nitrogens with zero attached hydrogens (tertiary/aromatic N) is 1. The van der Waals surface area contributed by atoms with Gasteiger partial charge in [-0.15, -0.1) is 0 Å². The Morgan fingerprint density at radius 3 is 1.31 bits per heavy atom. The van der Waals surface area contributed by atoms with Crippen LogP contribution in [0.1, 0.15) is 49.9 Å². The van der Waals surface area contributed by atoms with Crippen LogP contribution in [-0.4, -0.2) is 0 Å².